The van der Waals surface area contributed by atoms with Crippen LogP contribution in [0.2, 0.25) is 0 Å². The lowest BCUT2D eigenvalue weighted by Crippen LogP contribution is -2.20. The molecule has 0 N–H and O–H groups in total. The number of ether oxygens (including phenoxy) is 1. The highest BCUT2D eigenvalue weighted by molar-refractivity contribution is 5.20. The lowest BCUT2D eigenvalue weighted by Gasteiger charge is -2.15. The van der Waals surface area contributed by atoms with Crippen molar-refractivity contribution in [1.29, 1.82) is 0 Å². The molecule has 72 valence electrons. The molecule has 2 heteroatoms. The SMILES string of the molecule is COCN(C)Cc1ccc(C)cc1. The van der Waals surface area contributed by atoms with Crippen LogP contribution in [0.3, 0.4) is 0 Å². The van der Waals surface area contributed by atoms with Gasteiger partial charge in [-0.1, -0.05) is 29.8 Å². The Kier molecular flexibility index (Phi) is 3.93. The van der Waals surface area contributed by atoms with E-state index in [0.29, 0.717) is 6.73 Å². The molecule has 0 bridgehead atoms. The molecule has 1 aromatic carbocycles. The van der Waals surface area contributed by atoms with Gasteiger partial charge in [0.1, 0.15) is 0 Å². The highest BCUT2D eigenvalue weighted by Crippen LogP contribution is 2.05. The van der Waals surface area contributed by atoms with E-state index in [-0.39, 0.29) is 0 Å². The van der Waals surface area contributed by atoms with Crippen LogP contribution < -0.4 is 0 Å². The topological polar surface area (TPSA) is 12.5 Å². The van der Waals surface area contributed by atoms with Crippen LogP contribution in [0.25, 0.3) is 0 Å². The predicted octanol–water partition coefficient (Wildman–Crippen LogP) is 2.03. The molecule has 13 heavy (non-hydrogen) atoms. The minimum Gasteiger partial charge on any atom is -0.369 e. The number of aryl methyl sites for hydroxylation is 1. The highest BCUT2D eigenvalue weighted by Gasteiger charge is 1.98. The van der Waals surface area contributed by atoms with Crippen LogP contribution in [-0.4, -0.2) is 25.8 Å². The Morgan fingerprint density at radius 2 is 1.85 bits per heavy atom. The fourth-order valence-electron chi connectivity index (χ4n) is 1.27. The first-order valence-corrected chi connectivity index (χ1v) is 4.45. The highest BCUT2D eigenvalue weighted by atomic mass is 16.5. The first kappa shape index (κ1) is 10.2. The summed E-state index contributed by atoms with van der Waals surface area (Å²) in [4.78, 5) is 2.13. The van der Waals surface area contributed by atoms with Gasteiger partial charge in [0, 0.05) is 13.7 Å². The van der Waals surface area contributed by atoms with E-state index in [4.69, 9.17) is 4.74 Å². The Morgan fingerprint density at radius 3 is 2.38 bits per heavy atom. The quantitative estimate of drug-likeness (QED) is 0.656. The Balaban J connectivity index is 2.49. The number of hydrogen-bond acceptors (Lipinski definition) is 2. The number of rotatable bonds is 4. The van der Waals surface area contributed by atoms with Crippen molar-refractivity contribution in [3.05, 3.63) is 35.4 Å². The second-order valence-corrected chi connectivity index (χ2v) is 3.42. The average Bonchev–Trinajstić information content (AvgIpc) is 2.09. The van der Waals surface area contributed by atoms with Crippen molar-refractivity contribution < 1.29 is 4.74 Å². The molecule has 0 aliphatic rings. The molecule has 1 rings (SSSR count). The Morgan fingerprint density at radius 1 is 1.23 bits per heavy atom. The fourth-order valence-corrected chi connectivity index (χ4v) is 1.27. The third-order valence-electron chi connectivity index (χ3n) is 1.92. The van der Waals surface area contributed by atoms with Crippen molar-refractivity contribution in [3.8, 4) is 0 Å². The van der Waals surface area contributed by atoms with Crippen LogP contribution in [-0.2, 0) is 11.3 Å². The van der Waals surface area contributed by atoms with Crippen molar-refractivity contribution in [3.63, 3.8) is 0 Å². The van der Waals surface area contributed by atoms with E-state index in [2.05, 4.69) is 36.1 Å². The zero-order chi connectivity index (χ0) is 9.68. The summed E-state index contributed by atoms with van der Waals surface area (Å²) in [6, 6.07) is 8.58. The van der Waals surface area contributed by atoms with Gasteiger partial charge in [0.05, 0.1) is 6.73 Å². The van der Waals surface area contributed by atoms with Gasteiger partial charge in [0.2, 0.25) is 0 Å². The van der Waals surface area contributed by atoms with E-state index in [1.165, 1.54) is 11.1 Å². The van der Waals surface area contributed by atoms with Crippen molar-refractivity contribution >= 4 is 0 Å². The lowest BCUT2D eigenvalue weighted by atomic mass is 10.1. The summed E-state index contributed by atoms with van der Waals surface area (Å²) in [7, 11) is 3.76. The van der Waals surface area contributed by atoms with E-state index >= 15 is 0 Å². The van der Waals surface area contributed by atoms with Gasteiger partial charge >= 0.3 is 0 Å². The number of nitrogens with zero attached hydrogens (tertiary/aromatic N) is 1. The average molecular weight is 179 g/mol. The second kappa shape index (κ2) is 5.00. The fraction of sp³-hybridized carbons (Fsp3) is 0.455. The molecule has 0 heterocycles. The van der Waals surface area contributed by atoms with Crippen molar-refractivity contribution in [2.24, 2.45) is 0 Å². The first-order valence-electron chi connectivity index (χ1n) is 4.45. The van der Waals surface area contributed by atoms with E-state index in [0.717, 1.165) is 6.54 Å². The molecule has 1 aromatic rings. The Labute approximate surface area is 80.1 Å². The van der Waals surface area contributed by atoms with Gasteiger partial charge in [-0.15, -0.1) is 0 Å². The minimum atomic E-state index is 0.674. The standard InChI is InChI=1S/C11H17NO/c1-10-4-6-11(7-5-10)8-12(2)9-13-3/h4-7H,8-9H2,1-3H3. The largest absolute Gasteiger partial charge is 0.369 e. The predicted molar refractivity (Wildman–Crippen MR) is 54.5 cm³/mol. The Hall–Kier alpha value is -0.860. The summed E-state index contributed by atoms with van der Waals surface area (Å²) in [6.45, 7) is 3.71. The van der Waals surface area contributed by atoms with E-state index in [1.807, 2.05) is 7.05 Å². The summed E-state index contributed by atoms with van der Waals surface area (Å²) >= 11 is 0. The van der Waals surface area contributed by atoms with Gasteiger partial charge in [-0.3, -0.25) is 4.90 Å². The number of methoxy groups -OCH3 is 1. The number of benzene rings is 1. The molecule has 0 atom stereocenters. The summed E-state index contributed by atoms with van der Waals surface area (Å²) < 4.78 is 5.03. The first-order chi connectivity index (χ1) is 6.22. The summed E-state index contributed by atoms with van der Waals surface area (Å²) in [5.74, 6) is 0. The van der Waals surface area contributed by atoms with Gasteiger partial charge in [-0.05, 0) is 19.5 Å². The molecular weight excluding hydrogens is 162 g/mol. The van der Waals surface area contributed by atoms with Crippen LogP contribution in [0.15, 0.2) is 24.3 Å². The molecule has 0 saturated heterocycles. The van der Waals surface area contributed by atoms with Gasteiger partial charge in [0.15, 0.2) is 0 Å². The molecule has 2 nitrogen and oxygen atoms in total. The summed E-state index contributed by atoms with van der Waals surface area (Å²) in [6.07, 6.45) is 0. The maximum absolute atomic E-state index is 5.03. The van der Waals surface area contributed by atoms with Crippen LogP contribution in [0.4, 0.5) is 0 Å². The Bertz CT molecular complexity index is 243. The number of hydrogen-bond donors (Lipinski definition) is 0. The van der Waals surface area contributed by atoms with Crippen LogP contribution >= 0.6 is 0 Å². The second-order valence-electron chi connectivity index (χ2n) is 3.42. The molecule has 0 aliphatic carbocycles. The normalized spacial score (nSPS) is 10.8. The minimum absolute atomic E-state index is 0.674. The van der Waals surface area contributed by atoms with Gasteiger partial charge in [0.25, 0.3) is 0 Å². The molecule has 0 radical (unpaired) electrons. The zero-order valence-corrected chi connectivity index (χ0v) is 8.58. The van der Waals surface area contributed by atoms with E-state index < -0.39 is 0 Å². The molecule has 0 spiro atoms. The molecule has 0 unspecified atom stereocenters. The van der Waals surface area contributed by atoms with Gasteiger partial charge < -0.3 is 4.74 Å². The van der Waals surface area contributed by atoms with Crippen LogP contribution in [0, 0.1) is 6.92 Å². The smallest absolute Gasteiger partial charge is 0.0986 e. The van der Waals surface area contributed by atoms with E-state index in [9.17, 15) is 0 Å². The third-order valence-corrected chi connectivity index (χ3v) is 1.92. The molecule has 0 saturated carbocycles. The van der Waals surface area contributed by atoms with Crippen LogP contribution in [0.5, 0.6) is 0 Å². The zero-order valence-electron chi connectivity index (χ0n) is 8.58. The lowest BCUT2D eigenvalue weighted by molar-refractivity contribution is 0.0771. The summed E-state index contributed by atoms with van der Waals surface area (Å²) in [5, 5.41) is 0. The molecule has 0 fully saturated rings. The van der Waals surface area contributed by atoms with Crippen LogP contribution in [0.1, 0.15) is 11.1 Å². The molecule has 0 aliphatic heterocycles. The van der Waals surface area contributed by atoms with E-state index in [1.54, 1.807) is 7.11 Å². The van der Waals surface area contributed by atoms with Crippen molar-refractivity contribution in [2.75, 3.05) is 20.9 Å². The molecule has 0 amide bonds. The van der Waals surface area contributed by atoms with Gasteiger partial charge in [-0.2, -0.15) is 0 Å². The van der Waals surface area contributed by atoms with Crippen molar-refractivity contribution in [2.45, 2.75) is 13.5 Å². The maximum Gasteiger partial charge on any atom is 0.0986 e. The molecular formula is C11H17NO. The third kappa shape index (κ3) is 3.57. The van der Waals surface area contributed by atoms with Crippen molar-refractivity contribution in [1.82, 2.24) is 4.90 Å². The maximum atomic E-state index is 5.03. The molecule has 0 aromatic heterocycles. The van der Waals surface area contributed by atoms with Gasteiger partial charge in [-0.25, -0.2) is 0 Å². The monoisotopic (exact) mass is 179 g/mol. The summed E-state index contributed by atoms with van der Waals surface area (Å²) in [5.41, 5.74) is 2.63.